The van der Waals surface area contributed by atoms with Gasteiger partial charge in [0.15, 0.2) is 0 Å². The molecular formula is C38H31N3O4. The summed E-state index contributed by atoms with van der Waals surface area (Å²) in [6, 6.07) is 43.8. The van der Waals surface area contributed by atoms with Crippen LogP contribution in [0.15, 0.2) is 133 Å². The molecule has 0 unspecified atom stereocenters. The molecule has 0 saturated heterocycles. The molecule has 0 saturated carbocycles. The topological polar surface area (TPSA) is 111 Å². The van der Waals surface area contributed by atoms with E-state index >= 15 is 0 Å². The number of aliphatic carboxylic acids is 1. The first-order valence-corrected chi connectivity index (χ1v) is 14.5. The van der Waals surface area contributed by atoms with E-state index < -0.39 is 11.9 Å². The van der Waals surface area contributed by atoms with Crippen molar-refractivity contribution in [1.82, 2.24) is 10.2 Å². The van der Waals surface area contributed by atoms with Crippen LogP contribution in [-0.2, 0) is 22.7 Å². The standard InChI is InChI=1S/C38H31N3O4/c39-23-28-9-7-10-29(21-28)26-41(37(43)38(44)45)25-27-17-19-30(20-18-27)33-15-8-16-34(22-33)36(42)40-24-35(31-11-3-1-4-12-31)32-13-5-2-6-14-32/h1-22,35H,24-26H2,(H,40,42)(H,44,45). The van der Waals surface area contributed by atoms with Gasteiger partial charge < -0.3 is 15.3 Å². The minimum Gasteiger partial charge on any atom is -0.474 e. The van der Waals surface area contributed by atoms with Crippen molar-refractivity contribution in [2.45, 2.75) is 19.0 Å². The lowest BCUT2D eigenvalue weighted by Gasteiger charge is -2.21. The van der Waals surface area contributed by atoms with Crippen molar-refractivity contribution in [2.75, 3.05) is 6.54 Å². The maximum atomic E-state index is 13.3. The van der Waals surface area contributed by atoms with E-state index in [1.165, 1.54) is 4.90 Å². The summed E-state index contributed by atoms with van der Waals surface area (Å²) in [5, 5.41) is 21.7. The third kappa shape index (κ3) is 7.89. The fourth-order valence-corrected chi connectivity index (χ4v) is 5.25. The average molecular weight is 594 g/mol. The predicted molar refractivity (Wildman–Crippen MR) is 172 cm³/mol. The third-order valence-electron chi connectivity index (χ3n) is 7.56. The maximum absolute atomic E-state index is 13.3. The van der Waals surface area contributed by atoms with E-state index in [4.69, 9.17) is 0 Å². The van der Waals surface area contributed by atoms with E-state index in [1.807, 2.05) is 78.9 Å². The molecule has 0 atom stereocenters. The van der Waals surface area contributed by atoms with Crippen molar-refractivity contribution in [3.05, 3.63) is 167 Å². The molecule has 222 valence electrons. The molecule has 0 bridgehead atoms. The Kier molecular flexibility index (Phi) is 9.78. The van der Waals surface area contributed by atoms with Crippen molar-refractivity contribution in [2.24, 2.45) is 0 Å². The van der Waals surface area contributed by atoms with E-state index in [9.17, 15) is 24.8 Å². The molecule has 0 aliphatic carbocycles. The Morgan fingerprint density at radius 2 is 1.31 bits per heavy atom. The summed E-state index contributed by atoms with van der Waals surface area (Å²) < 4.78 is 0. The molecule has 0 aromatic heterocycles. The summed E-state index contributed by atoms with van der Waals surface area (Å²) in [7, 11) is 0. The lowest BCUT2D eigenvalue weighted by Crippen LogP contribution is -2.35. The van der Waals surface area contributed by atoms with E-state index in [-0.39, 0.29) is 24.9 Å². The first-order chi connectivity index (χ1) is 21.9. The van der Waals surface area contributed by atoms with Crippen molar-refractivity contribution in [1.29, 1.82) is 5.26 Å². The van der Waals surface area contributed by atoms with Crippen LogP contribution in [0.25, 0.3) is 11.1 Å². The normalized spacial score (nSPS) is 10.6. The number of nitrogens with one attached hydrogen (secondary N) is 1. The van der Waals surface area contributed by atoms with Crippen LogP contribution in [0, 0.1) is 11.3 Å². The molecule has 45 heavy (non-hydrogen) atoms. The Morgan fingerprint density at radius 1 is 0.689 bits per heavy atom. The predicted octanol–water partition coefficient (Wildman–Crippen LogP) is 6.40. The molecule has 0 radical (unpaired) electrons. The highest BCUT2D eigenvalue weighted by molar-refractivity contribution is 6.31. The van der Waals surface area contributed by atoms with Crippen molar-refractivity contribution >= 4 is 17.8 Å². The Morgan fingerprint density at radius 3 is 1.93 bits per heavy atom. The summed E-state index contributed by atoms with van der Waals surface area (Å²) in [5.74, 6) is -2.73. The highest BCUT2D eigenvalue weighted by atomic mass is 16.4. The molecule has 0 spiro atoms. The number of nitriles is 1. The van der Waals surface area contributed by atoms with Gasteiger partial charge in [0.2, 0.25) is 0 Å². The van der Waals surface area contributed by atoms with Crippen LogP contribution in [-0.4, -0.2) is 34.3 Å². The summed E-state index contributed by atoms with van der Waals surface area (Å²) in [6.07, 6.45) is 0. The van der Waals surface area contributed by atoms with Gasteiger partial charge >= 0.3 is 11.9 Å². The summed E-state index contributed by atoms with van der Waals surface area (Å²) in [4.78, 5) is 38.5. The first kappa shape index (κ1) is 30.5. The fraction of sp³-hybridized carbons (Fsp3) is 0.105. The van der Waals surface area contributed by atoms with Gasteiger partial charge in [0, 0.05) is 31.1 Å². The number of carbonyl (C=O) groups is 3. The largest absolute Gasteiger partial charge is 0.474 e. The lowest BCUT2D eigenvalue weighted by molar-refractivity contribution is -0.156. The monoisotopic (exact) mass is 593 g/mol. The number of carbonyl (C=O) groups excluding carboxylic acids is 2. The molecule has 5 rings (SSSR count). The van der Waals surface area contributed by atoms with Gasteiger partial charge in [-0.2, -0.15) is 5.26 Å². The number of amides is 2. The number of carboxylic acid groups (broad SMARTS) is 1. The molecule has 0 aliphatic heterocycles. The zero-order chi connectivity index (χ0) is 31.6. The molecule has 0 aliphatic rings. The molecule has 5 aromatic carbocycles. The fourth-order valence-electron chi connectivity index (χ4n) is 5.25. The Labute approximate surface area is 262 Å². The second kappa shape index (κ2) is 14.5. The van der Waals surface area contributed by atoms with Gasteiger partial charge in [-0.3, -0.25) is 9.59 Å². The third-order valence-corrected chi connectivity index (χ3v) is 7.56. The number of carboxylic acids is 1. The molecule has 2 amide bonds. The van der Waals surface area contributed by atoms with E-state index in [0.717, 1.165) is 27.8 Å². The molecule has 5 aromatic rings. The van der Waals surface area contributed by atoms with Crippen LogP contribution in [0.3, 0.4) is 0 Å². The molecule has 0 heterocycles. The minimum absolute atomic E-state index is 0.00920. The van der Waals surface area contributed by atoms with Crippen molar-refractivity contribution < 1.29 is 19.5 Å². The Hall–Kier alpha value is -6.00. The first-order valence-electron chi connectivity index (χ1n) is 14.5. The van der Waals surface area contributed by atoms with E-state index in [2.05, 4.69) is 35.7 Å². The van der Waals surface area contributed by atoms with E-state index in [1.54, 1.807) is 30.3 Å². The van der Waals surface area contributed by atoms with Crippen LogP contribution in [0.5, 0.6) is 0 Å². The van der Waals surface area contributed by atoms with Gasteiger partial charge in [-0.05, 0) is 57.6 Å². The number of hydrogen-bond acceptors (Lipinski definition) is 4. The summed E-state index contributed by atoms with van der Waals surface area (Å²) >= 11 is 0. The SMILES string of the molecule is N#Cc1cccc(CN(Cc2ccc(-c3cccc(C(=O)NCC(c4ccccc4)c4ccccc4)c3)cc2)C(=O)C(=O)O)c1. The van der Waals surface area contributed by atoms with Crippen molar-refractivity contribution in [3.8, 4) is 17.2 Å². The van der Waals surface area contributed by atoms with Crippen LogP contribution in [0.1, 0.15) is 44.1 Å². The van der Waals surface area contributed by atoms with Gasteiger partial charge in [-0.25, -0.2) is 4.79 Å². The van der Waals surface area contributed by atoms with Gasteiger partial charge in [0.1, 0.15) is 0 Å². The van der Waals surface area contributed by atoms with Gasteiger partial charge in [-0.1, -0.05) is 109 Å². The van der Waals surface area contributed by atoms with Gasteiger partial charge in [0.25, 0.3) is 5.91 Å². The van der Waals surface area contributed by atoms with Gasteiger partial charge in [-0.15, -0.1) is 0 Å². The van der Waals surface area contributed by atoms with Crippen LogP contribution >= 0.6 is 0 Å². The average Bonchev–Trinajstić information content (AvgIpc) is 3.09. The highest BCUT2D eigenvalue weighted by Crippen LogP contribution is 2.25. The lowest BCUT2D eigenvalue weighted by atomic mass is 9.91. The molecule has 7 heteroatoms. The molecular weight excluding hydrogens is 562 g/mol. The summed E-state index contributed by atoms with van der Waals surface area (Å²) in [5.41, 5.74) is 6.34. The smallest absolute Gasteiger partial charge is 0.394 e. The van der Waals surface area contributed by atoms with Crippen molar-refractivity contribution in [3.63, 3.8) is 0 Å². The summed E-state index contributed by atoms with van der Waals surface area (Å²) in [6.45, 7) is 0.571. The van der Waals surface area contributed by atoms with Crippen LogP contribution in [0.2, 0.25) is 0 Å². The molecule has 0 fully saturated rings. The number of hydrogen-bond donors (Lipinski definition) is 2. The number of rotatable bonds is 10. The van der Waals surface area contributed by atoms with Crippen LogP contribution < -0.4 is 5.32 Å². The number of nitrogens with zero attached hydrogens (tertiary/aromatic N) is 2. The molecule has 2 N–H and O–H groups in total. The zero-order valence-corrected chi connectivity index (χ0v) is 24.5. The van der Waals surface area contributed by atoms with Crippen LogP contribution in [0.4, 0.5) is 0 Å². The number of benzene rings is 5. The van der Waals surface area contributed by atoms with E-state index in [0.29, 0.717) is 23.2 Å². The zero-order valence-electron chi connectivity index (χ0n) is 24.5. The quantitative estimate of drug-likeness (QED) is 0.182. The van der Waals surface area contributed by atoms with Gasteiger partial charge in [0.05, 0.1) is 11.6 Å². The maximum Gasteiger partial charge on any atom is 0.394 e. The molecule has 7 nitrogen and oxygen atoms in total. The Balaban J connectivity index is 1.28. The minimum atomic E-state index is -1.54. The second-order valence-electron chi connectivity index (χ2n) is 10.6. The Bertz CT molecular complexity index is 1790. The highest BCUT2D eigenvalue weighted by Gasteiger charge is 2.22. The second-order valence-corrected chi connectivity index (χ2v) is 10.6.